The number of aromatic amines is 2. The molecule has 0 radical (unpaired) electrons. The lowest BCUT2D eigenvalue weighted by Crippen LogP contribution is -2.12. The second-order valence-corrected chi connectivity index (χ2v) is 4.66. The highest BCUT2D eigenvalue weighted by atomic mass is 16.5. The number of hydrogen-bond donors (Lipinski definition) is 3. The summed E-state index contributed by atoms with van der Waals surface area (Å²) < 4.78 is 5.33. The predicted octanol–water partition coefficient (Wildman–Crippen LogP) is 2.00. The Morgan fingerprint density at radius 2 is 1.85 bits per heavy atom. The molecule has 0 aliphatic rings. The second-order valence-electron chi connectivity index (χ2n) is 4.66. The molecular formula is C14H16N2O4. The molecule has 2 aromatic rings. The Kier molecular flexibility index (Phi) is 3.40. The average molecular weight is 276 g/mol. The van der Waals surface area contributed by atoms with Gasteiger partial charge in [-0.3, -0.25) is 15.0 Å². The van der Waals surface area contributed by atoms with Gasteiger partial charge in [-0.1, -0.05) is 0 Å². The molecule has 0 bridgehead atoms. The number of aromatic nitrogens is 2. The lowest BCUT2D eigenvalue weighted by atomic mass is 9.95. The van der Waals surface area contributed by atoms with Gasteiger partial charge in [0.15, 0.2) is 5.56 Å². The molecule has 0 fully saturated rings. The molecule has 0 spiro atoms. The summed E-state index contributed by atoms with van der Waals surface area (Å²) >= 11 is 0. The van der Waals surface area contributed by atoms with E-state index < -0.39 is 11.5 Å². The second kappa shape index (κ2) is 4.88. The van der Waals surface area contributed by atoms with Crippen LogP contribution in [0.15, 0.2) is 10.9 Å². The Labute approximate surface area is 115 Å². The first-order chi connectivity index (χ1) is 9.38. The highest BCUT2D eigenvalue weighted by Gasteiger charge is 2.21. The van der Waals surface area contributed by atoms with E-state index in [1.54, 1.807) is 7.11 Å². The van der Waals surface area contributed by atoms with Crippen molar-refractivity contribution in [3.05, 3.63) is 38.7 Å². The van der Waals surface area contributed by atoms with Crippen molar-refractivity contribution >= 4 is 5.97 Å². The highest BCUT2D eigenvalue weighted by Crippen LogP contribution is 2.34. The number of hydrogen-bond acceptors (Lipinski definition) is 3. The molecule has 6 nitrogen and oxygen atoms in total. The number of carboxylic acids is 1. The summed E-state index contributed by atoms with van der Waals surface area (Å²) in [5, 5.41) is 14.1. The van der Waals surface area contributed by atoms with Gasteiger partial charge in [0.25, 0.3) is 5.56 Å². The zero-order chi connectivity index (χ0) is 15.0. The molecule has 0 atom stereocenters. The van der Waals surface area contributed by atoms with E-state index in [-0.39, 0.29) is 11.3 Å². The standard InChI is InChI=1S/C14H16N2O4/c1-6-5-9(7(2)8(3)12(6)20-4)11-10(14(18)19)13(17)16-15-11/h5H,1-4H3,(H,18,19)(H2,15,16,17). The maximum atomic E-state index is 11.6. The van der Waals surface area contributed by atoms with Crippen molar-refractivity contribution < 1.29 is 14.6 Å². The molecule has 0 aliphatic heterocycles. The Morgan fingerprint density at radius 1 is 1.20 bits per heavy atom. The van der Waals surface area contributed by atoms with E-state index in [2.05, 4.69) is 10.2 Å². The smallest absolute Gasteiger partial charge is 0.343 e. The molecule has 0 saturated heterocycles. The van der Waals surface area contributed by atoms with Gasteiger partial charge in [0.2, 0.25) is 0 Å². The van der Waals surface area contributed by atoms with Crippen molar-refractivity contribution in [1.82, 2.24) is 10.2 Å². The number of benzene rings is 1. The maximum Gasteiger partial charge on any atom is 0.343 e. The Hall–Kier alpha value is -2.50. The van der Waals surface area contributed by atoms with Crippen molar-refractivity contribution in [2.45, 2.75) is 20.8 Å². The molecule has 3 N–H and O–H groups in total. The van der Waals surface area contributed by atoms with Crippen LogP contribution in [0.2, 0.25) is 0 Å². The van der Waals surface area contributed by atoms with Gasteiger partial charge in [0, 0.05) is 5.56 Å². The average Bonchev–Trinajstić information content (AvgIpc) is 2.76. The first-order valence-corrected chi connectivity index (χ1v) is 6.07. The molecule has 1 aromatic heterocycles. The number of carboxylic acid groups (broad SMARTS) is 1. The third-order valence-corrected chi connectivity index (χ3v) is 3.49. The number of nitrogens with one attached hydrogen (secondary N) is 2. The van der Waals surface area contributed by atoms with Gasteiger partial charge in [-0.15, -0.1) is 0 Å². The van der Waals surface area contributed by atoms with Crippen molar-refractivity contribution in [2.24, 2.45) is 0 Å². The summed E-state index contributed by atoms with van der Waals surface area (Å²) in [6.07, 6.45) is 0. The van der Waals surface area contributed by atoms with E-state index in [1.807, 2.05) is 26.8 Å². The summed E-state index contributed by atoms with van der Waals surface area (Å²) in [7, 11) is 1.59. The largest absolute Gasteiger partial charge is 0.496 e. The van der Waals surface area contributed by atoms with Crippen LogP contribution >= 0.6 is 0 Å². The zero-order valence-electron chi connectivity index (χ0n) is 11.7. The van der Waals surface area contributed by atoms with E-state index >= 15 is 0 Å². The number of aromatic carboxylic acids is 1. The van der Waals surface area contributed by atoms with Crippen LogP contribution in [0.25, 0.3) is 11.3 Å². The van der Waals surface area contributed by atoms with E-state index in [0.717, 1.165) is 22.4 Å². The zero-order valence-corrected chi connectivity index (χ0v) is 11.7. The van der Waals surface area contributed by atoms with Crippen LogP contribution in [-0.2, 0) is 0 Å². The van der Waals surface area contributed by atoms with Crippen molar-refractivity contribution in [3.8, 4) is 17.0 Å². The molecule has 1 aromatic carbocycles. The van der Waals surface area contributed by atoms with Crippen LogP contribution in [0.4, 0.5) is 0 Å². The van der Waals surface area contributed by atoms with Crippen molar-refractivity contribution in [1.29, 1.82) is 0 Å². The Balaban J connectivity index is 2.78. The summed E-state index contributed by atoms with van der Waals surface area (Å²) in [6, 6.07) is 1.81. The van der Waals surface area contributed by atoms with Crippen molar-refractivity contribution in [2.75, 3.05) is 7.11 Å². The minimum Gasteiger partial charge on any atom is -0.496 e. The number of rotatable bonds is 3. The van der Waals surface area contributed by atoms with E-state index in [9.17, 15) is 9.59 Å². The normalized spacial score (nSPS) is 10.6. The van der Waals surface area contributed by atoms with Gasteiger partial charge >= 0.3 is 5.97 Å². The lowest BCUT2D eigenvalue weighted by Gasteiger charge is -2.15. The van der Waals surface area contributed by atoms with E-state index in [0.29, 0.717) is 5.56 Å². The van der Waals surface area contributed by atoms with Crippen LogP contribution in [0, 0.1) is 20.8 Å². The first-order valence-electron chi connectivity index (χ1n) is 6.07. The fraction of sp³-hybridized carbons (Fsp3) is 0.286. The molecule has 106 valence electrons. The number of aryl methyl sites for hydroxylation is 1. The molecule has 0 amide bonds. The summed E-state index contributed by atoms with van der Waals surface area (Å²) in [4.78, 5) is 22.8. The minimum absolute atomic E-state index is 0.280. The quantitative estimate of drug-likeness (QED) is 0.799. The van der Waals surface area contributed by atoms with Crippen LogP contribution in [0.1, 0.15) is 27.0 Å². The fourth-order valence-electron chi connectivity index (χ4n) is 2.40. The monoisotopic (exact) mass is 276 g/mol. The number of methoxy groups -OCH3 is 1. The van der Waals surface area contributed by atoms with Crippen LogP contribution in [0.3, 0.4) is 0 Å². The van der Waals surface area contributed by atoms with Gasteiger partial charge < -0.3 is 9.84 Å². The van der Waals surface area contributed by atoms with Gasteiger partial charge in [-0.2, -0.15) is 0 Å². The summed E-state index contributed by atoms with van der Waals surface area (Å²) in [5.74, 6) is -0.492. The molecule has 0 saturated carbocycles. The van der Waals surface area contributed by atoms with Gasteiger partial charge in [0.05, 0.1) is 12.8 Å². The maximum absolute atomic E-state index is 11.6. The van der Waals surface area contributed by atoms with Crippen LogP contribution in [0.5, 0.6) is 5.75 Å². The fourth-order valence-corrected chi connectivity index (χ4v) is 2.40. The first kappa shape index (κ1) is 13.9. The third-order valence-electron chi connectivity index (χ3n) is 3.49. The number of ether oxygens (including phenoxy) is 1. The summed E-state index contributed by atoms with van der Waals surface area (Å²) in [5.41, 5.74) is 2.70. The molecule has 6 heteroatoms. The predicted molar refractivity (Wildman–Crippen MR) is 74.6 cm³/mol. The van der Waals surface area contributed by atoms with Gasteiger partial charge in [-0.25, -0.2) is 4.79 Å². The molecule has 1 heterocycles. The van der Waals surface area contributed by atoms with Crippen LogP contribution in [-0.4, -0.2) is 28.4 Å². The number of carbonyl (C=O) groups is 1. The molecular weight excluding hydrogens is 260 g/mol. The minimum atomic E-state index is -1.26. The molecule has 0 unspecified atom stereocenters. The summed E-state index contributed by atoms with van der Waals surface area (Å²) in [6.45, 7) is 5.64. The van der Waals surface area contributed by atoms with Crippen LogP contribution < -0.4 is 10.3 Å². The van der Waals surface area contributed by atoms with Gasteiger partial charge in [-0.05, 0) is 43.5 Å². The van der Waals surface area contributed by atoms with E-state index in [4.69, 9.17) is 9.84 Å². The third kappa shape index (κ3) is 1.99. The highest BCUT2D eigenvalue weighted by molar-refractivity contribution is 5.95. The molecule has 20 heavy (non-hydrogen) atoms. The molecule has 0 aliphatic carbocycles. The molecule has 2 rings (SSSR count). The topological polar surface area (TPSA) is 95.2 Å². The Morgan fingerprint density at radius 3 is 2.40 bits per heavy atom. The Bertz CT molecular complexity index is 740. The SMILES string of the molecule is COc1c(C)cc(-c2[nH][nH]c(=O)c2C(=O)O)c(C)c1C. The van der Waals surface area contributed by atoms with E-state index in [1.165, 1.54) is 0 Å². The lowest BCUT2D eigenvalue weighted by molar-refractivity contribution is 0.0696. The number of H-pyrrole nitrogens is 2. The van der Waals surface area contributed by atoms with Crippen molar-refractivity contribution in [3.63, 3.8) is 0 Å². The van der Waals surface area contributed by atoms with Gasteiger partial charge in [0.1, 0.15) is 5.75 Å².